The van der Waals surface area contributed by atoms with E-state index in [0.717, 1.165) is 18.4 Å². The largest absolute Gasteiger partial charge is 0.351 e. The average molecular weight is 412 g/mol. The van der Waals surface area contributed by atoms with Crippen molar-refractivity contribution in [3.05, 3.63) is 106 Å². The van der Waals surface area contributed by atoms with Gasteiger partial charge in [0.25, 0.3) is 11.5 Å². The van der Waals surface area contributed by atoms with Crippen molar-refractivity contribution in [1.29, 1.82) is 0 Å². The molecule has 0 radical (unpaired) electrons. The van der Waals surface area contributed by atoms with Gasteiger partial charge in [-0.05, 0) is 42.5 Å². The summed E-state index contributed by atoms with van der Waals surface area (Å²) in [6.07, 6.45) is 3.94. The second-order valence-electron chi connectivity index (χ2n) is 7.34. The Morgan fingerprint density at radius 1 is 0.871 bits per heavy atom. The zero-order chi connectivity index (χ0) is 21.5. The monoisotopic (exact) mass is 412 g/mol. The SMILES string of the molecule is O=C(NCCCc1ccccc1)c1nc2cccnc2n(CCc2ccccc2)c1=O. The highest BCUT2D eigenvalue weighted by Gasteiger charge is 2.18. The number of hydrogen-bond acceptors (Lipinski definition) is 4. The van der Waals surface area contributed by atoms with Crippen LogP contribution < -0.4 is 10.9 Å². The molecule has 0 aliphatic rings. The van der Waals surface area contributed by atoms with E-state index in [-0.39, 0.29) is 5.69 Å². The number of amides is 1. The third-order valence-electron chi connectivity index (χ3n) is 5.15. The molecule has 2 heterocycles. The highest BCUT2D eigenvalue weighted by Crippen LogP contribution is 2.09. The van der Waals surface area contributed by atoms with Crippen LogP contribution in [0.15, 0.2) is 83.8 Å². The lowest BCUT2D eigenvalue weighted by Crippen LogP contribution is -2.35. The molecule has 0 saturated heterocycles. The Morgan fingerprint density at radius 2 is 1.55 bits per heavy atom. The summed E-state index contributed by atoms with van der Waals surface area (Å²) in [5.74, 6) is -0.447. The van der Waals surface area contributed by atoms with Gasteiger partial charge in [0.15, 0.2) is 11.3 Å². The lowest BCUT2D eigenvalue weighted by atomic mass is 10.1. The fourth-order valence-corrected chi connectivity index (χ4v) is 3.54. The van der Waals surface area contributed by atoms with E-state index in [4.69, 9.17) is 0 Å². The van der Waals surface area contributed by atoms with E-state index in [0.29, 0.717) is 30.7 Å². The van der Waals surface area contributed by atoms with Gasteiger partial charge in [0.1, 0.15) is 5.52 Å². The topological polar surface area (TPSA) is 76.9 Å². The van der Waals surface area contributed by atoms with Crippen molar-refractivity contribution < 1.29 is 4.79 Å². The molecule has 0 spiro atoms. The van der Waals surface area contributed by atoms with Gasteiger partial charge < -0.3 is 5.32 Å². The summed E-state index contributed by atoms with van der Waals surface area (Å²) in [7, 11) is 0. The molecule has 2 aromatic heterocycles. The molecule has 0 bridgehead atoms. The minimum Gasteiger partial charge on any atom is -0.351 e. The number of pyridine rings is 1. The molecular formula is C25H24N4O2. The van der Waals surface area contributed by atoms with E-state index in [2.05, 4.69) is 27.4 Å². The van der Waals surface area contributed by atoms with Crippen LogP contribution in [0.2, 0.25) is 0 Å². The molecule has 4 aromatic rings. The Labute approximate surface area is 180 Å². The summed E-state index contributed by atoms with van der Waals surface area (Å²) in [5.41, 5.74) is 2.85. The van der Waals surface area contributed by atoms with Crippen molar-refractivity contribution in [2.75, 3.05) is 6.54 Å². The predicted molar refractivity (Wildman–Crippen MR) is 121 cm³/mol. The van der Waals surface area contributed by atoms with Gasteiger partial charge in [0.2, 0.25) is 0 Å². The number of nitrogens with one attached hydrogen (secondary N) is 1. The van der Waals surface area contributed by atoms with E-state index >= 15 is 0 Å². The predicted octanol–water partition coefficient (Wildman–Crippen LogP) is 3.40. The fourth-order valence-electron chi connectivity index (χ4n) is 3.54. The molecule has 0 aliphatic carbocycles. The van der Waals surface area contributed by atoms with Crippen molar-refractivity contribution >= 4 is 17.1 Å². The highest BCUT2D eigenvalue weighted by molar-refractivity contribution is 5.93. The molecule has 0 aliphatic heterocycles. The van der Waals surface area contributed by atoms with Gasteiger partial charge in [-0.3, -0.25) is 14.2 Å². The van der Waals surface area contributed by atoms with E-state index in [1.54, 1.807) is 22.9 Å². The number of aromatic nitrogens is 3. The fraction of sp³-hybridized carbons (Fsp3) is 0.200. The molecule has 156 valence electrons. The first-order valence-electron chi connectivity index (χ1n) is 10.4. The van der Waals surface area contributed by atoms with Gasteiger partial charge in [-0.15, -0.1) is 0 Å². The normalized spacial score (nSPS) is 10.8. The average Bonchev–Trinajstić information content (AvgIpc) is 2.82. The highest BCUT2D eigenvalue weighted by atomic mass is 16.2. The molecule has 0 saturated carbocycles. The molecule has 0 unspecified atom stereocenters. The summed E-state index contributed by atoms with van der Waals surface area (Å²) in [6.45, 7) is 0.900. The molecule has 0 fully saturated rings. The van der Waals surface area contributed by atoms with Crippen molar-refractivity contribution in [2.24, 2.45) is 0 Å². The maximum Gasteiger partial charge on any atom is 0.283 e. The van der Waals surface area contributed by atoms with Gasteiger partial charge in [-0.2, -0.15) is 0 Å². The summed E-state index contributed by atoms with van der Waals surface area (Å²) >= 11 is 0. The van der Waals surface area contributed by atoms with Crippen LogP contribution in [0.25, 0.3) is 11.2 Å². The van der Waals surface area contributed by atoms with Crippen molar-refractivity contribution in [3.8, 4) is 0 Å². The Balaban J connectivity index is 1.51. The first kappa shape index (κ1) is 20.5. The van der Waals surface area contributed by atoms with Gasteiger partial charge in [-0.1, -0.05) is 60.7 Å². The lowest BCUT2D eigenvalue weighted by Gasteiger charge is -2.12. The molecule has 6 nitrogen and oxygen atoms in total. The van der Waals surface area contributed by atoms with Crippen LogP contribution >= 0.6 is 0 Å². The van der Waals surface area contributed by atoms with Crippen LogP contribution in [0.1, 0.15) is 28.0 Å². The van der Waals surface area contributed by atoms with Crippen LogP contribution in [-0.2, 0) is 19.4 Å². The summed E-state index contributed by atoms with van der Waals surface area (Å²) in [6, 6.07) is 23.5. The van der Waals surface area contributed by atoms with Crippen molar-refractivity contribution in [2.45, 2.75) is 25.8 Å². The molecule has 6 heteroatoms. The first-order chi connectivity index (χ1) is 15.2. The van der Waals surface area contributed by atoms with Crippen molar-refractivity contribution in [3.63, 3.8) is 0 Å². The number of carbonyl (C=O) groups excluding carboxylic acids is 1. The van der Waals surface area contributed by atoms with Crippen LogP contribution in [0.4, 0.5) is 0 Å². The third kappa shape index (κ3) is 5.04. The molecule has 1 amide bonds. The third-order valence-corrected chi connectivity index (χ3v) is 5.15. The van der Waals surface area contributed by atoms with Crippen LogP contribution in [0.5, 0.6) is 0 Å². The zero-order valence-electron chi connectivity index (χ0n) is 17.2. The minimum atomic E-state index is -0.447. The first-order valence-corrected chi connectivity index (χ1v) is 10.4. The maximum atomic E-state index is 13.1. The van der Waals surface area contributed by atoms with Gasteiger partial charge >= 0.3 is 0 Å². The summed E-state index contributed by atoms with van der Waals surface area (Å²) < 4.78 is 1.55. The molecule has 0 atom stereocenters. The standard InChI is InChI=1S/C25H24N4O2/c30-24(27-17-7-13-19-9-3-1-4-10-19)22-25(31)29(18-15-20-11-5-2-6-12-20)23-21(28-22)14-8-16-26-23/h1-6,8-12,14,16H,7,13,15,17-18H2,(H,27,30). The number of fused-ring (bicyclic) bond motifs is 1. The lowest BCUT2D eigenvalue weighted by molar-refractivity contribution is 0.0946. The number of carbonyl (C=O) groups is 1. The Bertz CT molecular complexity index is 1220. The number of hydrogen-bond donors (Lipinski definition) is 1. The molecule has 31 heavy (non-hydrogen) atoms. The Morgan fingerprint density at radius 3 is 2.26 bits per heavy atom. The molecule has 2 aromatic carbocycles. The number of benzene rings is 2. The minimum absolute atomic E-state index is 0.0896. The quantitative estimate of drug-likeness (QED) is 0.450. The van der Waals surface area contributed by atoms with E-state index in [9.17, 15) is 9.59 Å². The number of aryl methyl sites for hydroxylation is 3. The van der Waals surface area contributed by atoms with Gasteiger partial charge in [0.05, 0.1) is 0 Å². The second kappa shape index (κ2) is 9.80. The van der Waals surface area contributed by atoms with Gasteiger partial charge in [0, 0.05) is 19.3 Å². The zero-order valence-corrected chi connectivity index (χ0v) is 17.2. The second-order valence-corrected chi connectivity index (χ2v) is 7.34. The van der Waals surface area contributed by atoms with Crippen LogP contribution in [0, 0.1) is 0 Å². The summed E-state index contributed by atoms with van der Waals surface area (Å²) in [4.78, 5) is 34.5. The van der Waals surface area contributed by atoms with Crippen LogP contribution in [0.3, 0.4) is 0 Å². The Hall–Kier alpha value is -3.80. The number of nitrogens with zero attached hydrogens (tertiary/aromatic N) is 3. The molecule has 1 N–H and O–H groups in total. The van der Waals surface area contributed by atoms with E-state index in [1.807, 2.05) is 48.5 Å². The maximum absolute atomic E-state index is 13.1. The number of rotatable bonds is 8. The van der Waals surface area contributed by atoms with Crippen molar-refractivity contribution in [1.82, 2.24) is 19.9 Å². The summed E-state index contributed by atoms with van der Waals surface area (Å²) in [5, 5.41) is 2.84. The smallest absolute Gasteiger partial charge is 0.283 e. The van der Waals surface area contributed by atoms with E-state index < -0.39 is 11.5 Å². The van der Waals surface area contributed by atoms with E-state index in [1.165, 1.54) is 5.56 Å². The molecule has 4 rings (SSSR count). The van der Waals surface area contributed by atoms with Crippen LogP contribution in [-0.4, -0.2) is 27.0 Å². The van der Waals surface area contributed by atoms with Gasteiger partial charge in [-0.25, -0.2) is 9.97 Å². The molecular weight excluding hydrogens is 388 g/mol. The Kier molecular flexibility index (Phi) is 6.47.